The third kappa shape index (κ3) is 5.58. The predicted octanol–water partition coefficient (Wildman–Crippen LogP) is 7.75. The van der Waals surface area contributed by atoms with Crippen LogP contribution in [0.5, 0.6) is 0 Å². The molecule has 3 aromatic carbocycles. The van der Waals surface area contributed by atoms with Gasteiger partial charge in [0.25, 0.3) is 0 Å². The maximum Gasteiger partial charge on any atom is 0.147 e. The summed E-state index contributed by atoms with van der Waals surface area (Å²) in [5, 5.41) is 17.7. The lowest BCUT2D eigenvalue weighted by atomic mass is 10.0. The summed E-state index contributed by atoms with van der Waals surface area (Å²) in [5.41, 5.74) is 8.62. The van der Waals surface area contributed by atoms with Gasteiger partial charge in [0.05, 0.1) is 11.3 Å². The minimum absolute atomic E-state index is 0.0143. The van der Waals surface area contributed by atoms with Gasteiger partial charge in [0.15, 0.2) is 0 Å². The average Bonchev–Trinajstić information content (AvgIpc) is 3.43. The van der Waals surface area contributed by atoms with Crippen LogP contribution in [0.3, 0.4) is 0 Å². The number of aliphatic imine (C=N–C) groups is 1. The number of hydrogen-bond donors (Lipinski definition) is 3. The Hall–Kier alpha value is -3.70. The highest BCUT2D eigenvalue weighted by atomic mass is 19.1. The van der Waals surface area contributed by atoms with Gasteiger partial charge in [-0.05, 0) is 82.5 Å². The molecule has 3 aromatic rings. The zero-order chi connectivity index (χ0) is 27.8. The number of nitrogens with zero attached hydrogens (tertiary/aromatic N) is 1. The molecule has 3 unspecified atom stereocenters. The lowest BCUT2D eigenvalue weighted by Crippen LogP contribution is -2.10. The van der Waals surface area contributed by atoms with Crippen molar-refractivity contribution in [1.29, 1.82) is 0 Å². The monoisotopic (exact) mass is 511 g/mol. The average molecular weight is 512 g/mol. The lowest BCUT2D eigenvalue weighted by Gasteiger charge is -2.17. The Morgan fingerprint density at radius 3 is 2.32 bits per heavy atom. The number of hydrogen-bond acceptors (Lipinski definition) is 4. The highest BCUT2D eigenvalue weighted by Gasteiger charge is 2.62. The summed E-state index contributed by atoms with van der Waals surface area (Å²) < 4.78 is 14.9. The molecule has 0 amide bonds. The Morgan fingerprint density at radius 2 is 1.68 bits per heavy atom. The van der Waals surface area contributed by atoms with Crippen molar-refractivity contribution < 1.29 is 9.50 Å². The molecule has 4 rings (SSSR count). The van der Waals surface area contributed by atoms with Gasteiger partial charge < -0.3 is 15.7 Å². The van der Waals surface area contributed by atoms with Crippen LogP contribution in [0.4, 0.5) is 15.8 Å². The molecule has 1 fully saturated rings. The van der Waals surface area contributed by atoms with Crippen LogP contribution >= 0.6 is 0 Å². The van der Waals surface area contributed by atoms with Crippen molar-refractivity contribution in [3.8, 4) is 0 Å². The maximum atomic E-state index is 14.9. The summed E-state index contributed by atoms with van der Waals surface area (Å²) in [6.07, 6.45) is 0. The van der Waals surface area contributed by atoms with Gasteiger partial charge in [0.1, 0.15) is 5.82 Å². The van der Waals surface area contributed by atoms with E-state index >= 15 is 0 Å². The molecule has 3 N–H and O–H groups in total. The Morgan fingerprint density at radius 1 is 1.00 bits per heavy atom. The summed E-state index contributed by atoms with van der Waals surface area (Å²) in [6, 6.07) is 17.4. The van der Waals surface area contributed by atoms with Crippen LogP contribution in [0.25, 0.3) is 5.70 Å². The Kier molecular flexibility index (Phi) is 7.61. The Balaban J connectivity index is 1.50. The van der Waals surface area contributed by atoms with Crippen molar-refractivity contribution in [2.24, 2.45) is 10.9 Å². The van der Waals surface area contributed by atoms with Crippen molar-refractivity contribution in [2.75, 3.05) is 17.2 Å². The van der Waals surface area contributed by atoms with Crippen molar-refractivity contribution in [1.82, 2.24) is 0 Å². The third-order valence-corrected chi connectivity index (χ3v) is 7.40. The number of halogens is 1. The molecule has 0 aromatic heterocycles. The molecule has 0 radical (unpaired) electrons. The van der Waals surface area contributed by atoms with E-state index in [1.165, 1.54) is 17.2 Å². The number of anilines is 2. The van der Waals surface area contributed by atoms with Crippen LogP contribution in [-0.2, 0) is 0 Å². The molecular formula is C33H38FN3O. The molecule has 5 heteroatoms. The van der Waals surface area contributed by atoms with Crippen molar-refractivity contribution in [2.45, 2.75) is 53.1 Å². The fourth-order valence-electron chi connectivity index (χ4n) is 5.46. The topological polar surface area (TPSA) is 56.7 Å². The first-order valence-electron chi connectivity index (χ1n) is 13.1. The molecule has 0 bridgehead atoms. The van der Waals surface area contributed by atoms with Crippen LogP contribution in [0.2, 0.25) is 0 Å². The van der Waals surface area contributed by atoms with Gasteiger partial charge in [0, 0.05) is 46.7 Å². The van der Waals surface area contributed by atoms with Gasteiger partial charge in [-0.3, -0.25) is 4.99 Å². The number of nitrogens with one attached hydrogen (secondary N) is 2. The van der Waals surface area contributed by atoms with Crippen LogP contribution in [0.15, 0.2) is 78.4 Å². The predicted molar refractivity (Wildman–Crippen MR) is 159 cm³/mol. The van der Waals surface area contributed by atoms with E-state index < -0.39 is 5.60 Å². The van der Waals surface area contributed by atoms with Gasteiger partial charge in [-0.1, -0.05) is 54.6 Å². The molecular weight excluding hydrogens is 473 g/mol. The Labute approximate surface area is 226 Å². The second kappa shape index (κ2) is 10.6. The molecule has 1 aliphatic rings. The van der Waals surface area contributed by atoms with E-state index in [-0.39, 0.29) is 17.7 Å². The fourth-order valence-corrected chi connectivity index (χ4v) is 5.46. The largest absolute Gasteiger partial charge is 0.389 e. The number of benzene rings is 3. The van der Waals surface area contributed by atoms with Crippen LogP contribution in [-0.4, -0.2) is 23.0 Å². The van der Waals surface area contributed by atoms with Gasteiger partial charge >= 0.3 is 0 Å². The van der Waals surface area contributed by atoms with E-state index in [4.69, 9.17) is 0 Å². The molecule has 1 saturated carbocycles. The van der Waals surface area contributed by atoms with Crippen LogP contribution in [0.1, 0.15) is 60.1 Å². The number of rotatable bonds is 9. The van der Waals surface area contributed by atoms with E-state index in [0.29, 0.717) is 17.9 Å². The second-order valence-corrected chi connectivity index (χ2v) is 10.6. The fraction of sp³-hybridized carbons (Fsp3) is 0.303. The summed E-state index contributed by atoms with van der Waals surface area (Å²) in [4.78, 5) is 4.36. The summed E-state index contributed by atoms with van der Waals surface area (Å²) in [7, 11) is 0. The standard InChI is InChI=1S/C33H38FN3O/c1-9-35-22(5)25-11-13-30(29(34)17-25)37-23(6)28-18-27(12-10-21(28)4)36-24(7)31-32(33(31,8)38)26-15-19(2)14-20(3)16-26/h10-18,31-32,36-38H,6-7,9H2,1-5,8H3. The van der Waals surface area contributed by atoms with Gasteiger partial charge in [0.2, 0.25) is 0 Å². The second-order valence-electron chi connectivity index (χ2n) is 10.6. The smallest absolute Gasteiger partial charge is 0.147 e. The molecule has 0 heterocycles. The minimum atomic E-state index is -0.868. The van der Waals surface area contributed by atoms with Gasteiger partial charge in [-0.2, -0.15) is 0 Å². The van der Waals surface area contributed by atoms with E-state index in [1.807, 2.05) is 52.0 Å². The molecule has 3 atom stereocenters. The molecule has 198 valence electrons. The van der Waals surface area contributed by atoms with Crippen LogP contribution < -0.4 is 10.6 Å². The van der Waals surface area contributed by atoms with Crippen LogP contribution in [0, 0.1) is 32.5 Å². The number of aryl methyl sites for hydroxylation is 3. The first-order chi connectivity index (χ1) is 17.9. The van der Waals surface area contributed by atoms with Crippen molar-refractivity contribution >= 4 is 22.8 Å². The summed E-state index contributed by atoms with van der Waals surface area (Å²) in [6.45, 7) is 21.0. The highest BCUT2D eigenvalue weighted by Crippen LogP contribution is 2.60. The summed E-state index contributed by atoms with van der Waals surface area (Å²) in [5.74, 6) is -0.482. The molecule has 0 spiro atoms. The molecule has 1 aliphatic carbocycles. The first kappa shape index (κ1) is 27.3. The first-order valence-corrected chi connectivity index (χ1v) is 13.1. The SMILES string of the molecule is C=C(Nc1ccc(C(C)=NCC)cc1F)c1cc(NC(=C)C2C(c3cc(C)cc(C)c3)C2(C)O)ccc1C. The van der Waals surface area contributed by atoms with E-state index in [9.17, 15) is 9.50 Å². The minimum Gasteiger partial charge on any atom is -0.389 e. The van der Waals surface area contributed by atoms with Gasteiger partial charge in [-0.25, -0.2) is 4.39 Å². The third-order valence-electron chi connectivity index (χ3n) is 7.40. The highest BCUT2D eigenvalue weighted by molar-refractivity contribution is 5.99. The lowest BCUT2D eigenvalue weighted by molar-refractivity contribution is 0.153. The normalized spacial score (nSPS) is 20.7. The molecule has 4 nitrogen and oxygen atoms in total. The zero-order valence-electron chi connectivity index (χ0n) is 23.2. The Bertz CT molecular complexity index is 1420. The summed E-state index contributed by atoms with van der Waals surface area (Å²) >= 11 is 0. The molecule has 38 heavy (non-hydrogen) atoms. The van der Waals surface area contributed by atoms with E-state index in [0.717, 1.165) is 39.3 Å². The van der Waals surface area contributed by atoms with E-state index in [2.05, 4.69) is 60.8 Å². The number of aliphatic hydroxyl groups is 1. The maximum absolute atomic E-state index is 14.9. The molecule has 0 saturated heterocycles. The van der Waals surface area contributed by atoms with Gasteiger partial charge in [-0.15, -0.1) is 0 Å². The zero-order valence-corrected chi connectivity index (χ0v) is 23.2. The van der Waals surface area contributed by atoms with E-state index in [1.54, 1.807) is 6.07 Å². The van der Waals surface area contributed by atoms with Crippen molar-refractivity contribution in [3.05, 3.63) is 113 Å². The quantitative estimate of drug-likeness (QED) is 0.257. The molecule has 0 aliphatic heterocycles. The van der Waals surface area contributed by atoms with Crippen molar-refractivity contribution in [3.63, 3.8) is 0 Å².